The SMILES string of the molecule is COc1nc2ccccc2nc1N1CCC[C@H](C(=O)N[C@@H]2CCC[C@H](C)[C@@H]2C)C1. The van der Waals surface area contributed by atoms with E-state index in [2.05, 4.69) is 29.0 Å². The maximum Gasteiger partial charge on any atom is 0.257 e. The summed E-state index contributed by atoms with van der Waals surface area (Å²) in [6.07, 6.45) is 5.45. The summed E-state index contributed by atoms with van der Waals surface area (Å²) in [4.78, 5) is 24.7. The Balaban J connectivity index is 1.49. The van der Waals surface area contributed by atoms with Gasteiger partial charge in [0.2, 0.25) is 5.91 Å². The Labute approximate surface area is 173 Å². The molecule has 29 heavy (non-hydrogen) atoms. The average molecular weight is 397 g/mol. The number of hydrogen-bond donors (Lipinski definition) is 1. The highest BCUT2D eigenvalue weighted by Gasteiger charge is 2.33. The molecule has 1 saturated carbocycles. The van der Waals surface area contributed by atoms with E-state index in [-0.39, 0.29) is 11.8 Å². The number of nitrogens with zero attached hydrogens (tertiary/aromatic N) is 3. The number of aromatic nitrogens is 2. The minimum Gasteiger partial charge on any atom is -0.478 e. The molecule has 1 amide bonds. The number of carbonyl (C=O) groups excluding carboxylic acids is 1. The minimum atomic E-state index is -0.0221. The lowest BCUT2D eigenvalue weighted by Gasteiger charge is -2.37. The number of anilines is 1. The van der Waals surface area contributed by atoms with Crippen LogP contribution in [0, 0.1) is 17.8 Å². The van der Waals surface area contributed by atoms with Gasteiger partial charge in [-0.05, 0) is 43.2 Å². The molecule has 2 aliphatic rings. The van der Waals surface area contributed by atoms with Crippen LogP contribution in [0.25, 0.3) is 11.0 Å². The molecule has 4 atom stereocenters. The largest absolute Gasteiger partial charge is 0.478 e. The second kappa shape index (κ2) is 8.56. The van der Waals surface area contributed by atoms with Gasteiger partial charge in [-0.2, -0.15) is 0 Å². The highest BCUT2D eigenvalue weighted by atomic mass is 16.5. The first-order valence-corrected chi connectivity index (χ1v) is 10.9. The van der Waals surface area contributed by atoms with Crippen molar-refractivity contribution in [3.8, 4) is 5.88 Å². The normalized spacial score (nSPS) is 27.6. The summed E-state index contributed by atoms with van der Waals surface area (Å²) in [5, 5.41) is 3.37. The van der Waals surface area contributed by atoms with Gasteiger partial charge in [-0.25, -0.2) is 9.97 Å². The predicted molar refractivity (Wildman–Crippen MR) is 115 cm³/mol. The molecule has 156 valence electrons. The van der Waals surface area contributed by atoms with E-state index in [1.165, 1.54) is 12.8 Å². The summed E-state index contributed by atoms with van der Waals surface area (Å²) < 4.78 is 5.53. The van der Waals surface area contributed by atoms with Crippen LogP contribution in [-0.4, -0.2) is 42.1 Å². The van der Waals surface area contributed by atoms with Crippen LogP contribution in [0.15, 0.2) is 24.3 Å². The molecule has 0 unspecified atom stereocenters. The lowest BCUT2D eigenvalue weighted by Crippen LogP contribution is -2.49. The van der Waals surface area contributed by atoms with E-state index >= 15 is 0 Å². The third-order valence-corrected chi connectivity index (χ3v) is 6.84. The van der Waals surface area contributed by atoms with Gasteiger partial charge in [0.05, 0.1) is 24.1 Å². The Morgan fingerprint density at radius 2 is 1.86 bits per heavy atom. The Morgan fingerprint density at radius 1 is 1.10 bits per heavy atom. The van der Waals surface area contributed by atoms with Crippen LogP contribution >= 0.6 is 0 Å². The molecule has 6 nitrogen and oxygen atoms in total. The van der Waals surface area contributed by atoms with E-state index in [1.807, 2.05) is 24.3 Å². The molecule has 1 N–H and O–H groups in total. The number of fused-ring (bicyclic) bond motifs is 1. The van der Waals surface area contributed by atoms with Crippen LogP contribution in [0.2, 0.25) is 0 Å². The van der Waals surface area contributed by atoms with E-state index in [0.29, 0.717) is 30.3 Å². The molecule has 1 aliphatic carbocycles. The molecule has 1 aliphatic heterocycles. The smallest absolute Gasteiger partial charge is 0.257 e. The van der Waals surface area contributed by atoms with Gasteiger partial charge >= 0.3 is 0 Å². The molecule has 0 bridgehead atoms. The van der Waals surface area contributed by atoms with Crippen molar-refractivity contribution in [1.82, 2.24) is 15.3 Å². The van der Waals surface area contributed by atoms with Crippen LogP contribution in [0.1, 0.15) is 46.0 Å². The maximum absolute atomic E-state index is 13.1. The van der Waals surface area contributed by atoms with Crippen LogP contribution in [0.4, 0.5) is 5.82 Å². The molecule has 4 rings (SSSR count). The fraction of sp³-hybridized carbons (Fsp3) is 0.609. The number of amides is 1. The zero-order valence-corrected chi connectivity index (χ0v) is 17.7. The van der Waals surface area contributed by atoms with Gasteiger partial charge in [0.25, 0.3) is 5.88 Å². The molecular weight excluding hydrogens is 364 g/mol. The summed E-state index contributed by atoms with van der Waals surface area (Å²) in [5.74, 6) is 2.65. The van der Waals surface area contributed by atoms with E-state index in [0.717, 1.165) is 42.7 Å². The van der Waals surface area contributed by atoms with Crippen molar-refractivity contribution in [2.75, 3.05) is 25.1 Å². The van der Waals surface area contributed by atoms with Crippen molar-refractivity contribution in [3.05, 3.63) is 24.3 Å². The number of piperidine rings is 1. The van der Waals surface area contributed by atoms with E-state index in [9.17, 15) is 4.79 Å². The average Bonchev–Trinajstić information content (AvgIpc) is 2.76. The lowest BCUT2D eigenvalue weighted by molar-refractivity contribution is -0.126. The molecule has 0 radical (unpaired) electrons. The number of hydrogen-bond acceptors (Lipinski definition) is 5. The van der Waals surface area contributed by atoms with Crippen LogP contribution < -0.4 is 15.0 Å². The van der Waals surface area contributed by atoms with Gasteiger partial charge in [-0.15, -0.1) is 0 Å². The van der Waals surface area contributed by atoms with Crippen molar-refractivity contribution in [3.63, 3.8) is 0 Å². The molecular formula is C23H32N4O2. The molecule has 2 heterocycles. The van der Waals surface area contributed by atoms with Crippen molar-refractivity contribution in [1.29, 1.82) is 0 Å². The number of carbonyl (C=O) groups is 1. The number of benzene rings is 1. The van der Waals surface area contributed by atoms with Crippen LogP contribution in [0.5, 0.6) is 5.88 Å². The Hall–Kier alpha value is -2.37. The van der Waals surface area contributed by atoms with Crippen LogP contribution in [0.3, 0.4) is 0 Å². The molecule has 1 saturated heterocycles. The first kappa shape index (κ1) is 19.9. The molecule has 2 fully saturated rings. The molecule has 1 aromatic heterocycles. The van der Waals surface area contributed by atoms with Gasteiger partial charge in [-0.1, -0.05) is 38.8 Å². The number of para-hydroxylation sites is 2. The fourth-order valence-electron chi connectivity index (χ4n) is 4.79. The van der Waals surface area contributed by atoms with Crippen molar-refractivity contribution in [2.24, 2.45) is 17.8 Å². The zero-order valence-electron chi connectivity index (χ0n) is 17.7. The summed E-state index contributed by atoms with van der Waals surface area (Å²) >= 11 is 0. The topological polar surface area (TPSA) is 67.4 Å². The van der Waals surface area contributed by atoms with Crippen molar-refractivity contribution < 1.29 is 9.53 Å². The standard InChI is InChI=1S/C23H32N4O2/c1-15-8-6-12-18(16(15)2)25-22(28)17-9-7-13-27(14-17)21-23(29-3)26-20-11-5-4-10-19(20)24-21/h4-5,10-11,15-18H,6-9,12-14H2,1-3H3,(H,25,28)/t15-,16-,17-,18+/m0/s1. The summed E-state index contributed by atoms with van der Waals surface area (Å²) in [5.41, 5.74) is 1.67. The predicted octanol–water partition coefficient (Wildman–Crippen LogP) is 3.80. The van der Waals surface area contributed by atoms with Crippen molar-refractivity contribution >= 4 is 22.8 Å². The third-order valence-electron chi connectivity index (χ3n) is 6.84. The highest BCUT2D eigenvalue weighted by molar-refractivity contribution is 5.81. The number of rotatable bonds is 4. The minimum absolute atomic E-state index is 0.0221. The number of ether oxygens (including phenoxy) is 1. The summed E-state index contributed by atoms with van der Waals surface area (Å²) in [6, 6.07) is 8.12. The molecule has 2 aromatic rings. The first-order valence-electron chi connectivity index (χ1n) is 10.9. The molecule has 1 aromatic carbocycles. The second-order valence-corrected chi connectivity index (χ2v) is 8.71. The third kappa shape index (κ3) is 4.16. The second-order valence-electron chi connectivity index (χ2n) is 8.71. The van der Waals surface area contributed by atoms with Gasteiger partial charge in [0.1, 0.15) is 0 Å². The van der Waals surface area contributed by atoms with E-state index in [1.54, 1.807) is 7.11 Å². The first-order chi connectivity index (χ1) is 14.1. The summed E-state index contributed by atoms with van der Waals surface area (Å²) in [7, 11) is 1.63. The lowest BCUT2D eigenvalue weighted by atomic mass is 9.78. The quantitative estimate of drug-likeness (QED) is 0.851. The van der Waals surface area contributed by atoms with Gasteiger partial charge in [0, 0.05) is 19.1 Å². The maximum atomic E-state index is 13.1. The Morgan fingerprint density at radius 3 is 2.62 bits per heavy atom. The van der Waals surface area contributed by atoms with Gasteiger partial charge in [0.15, 0.2) is 5.82 Å². The van der Waals surface area contributed by atoms with Gasteiger partial charge < -0.3 is 15.0 Å². The Kier molecular flexibility index (Phi) is 5.88. The van der Waals surface area contributed by atoms with E-state index in [4.69, 9.17) is 9.72 Å². The number of methoxy groups -OCH3 is 1. The fourth-order valence-corrected chi connectivity index (χ4v) is 4.79. The molecule has 6 heteroatoms. The molecule has 0 spiro atoms. The highest BCUT2D eigenvalue weighted by Crippen LogP contribution is 2.32. The van der Waals surface area contributed by atoms with Gasteiger partial charge in [-0.3, -0.25) is 4.79 Å². The van der Waals surface area contributed by atoms with Crippen LogP contribution in [-0.2, 0) is 4.79 Å². The van der Waals surface area contributed by atoms with E-state index < -0.39 is 0 Å². The monoisotopic (exact) mass is 396 g/mol. The zero-order chi connectivity index (χ0) is 20.4. The number of nitrogens with one attached hydrogen (secondary N) is 1. The van der Waals surface area contributed by atoms with Crippen molar-refractivity contribution in [2.45, 2.75) is 52.0 Å². The Bertz CT molecular complexity index is 871. The summed E-state index contributed by atoms with van der Waals surface area (Å²) in [6.45, 7) is 6.10.